The molecule has 108 valence electrons. The summed E-state index contributed by atoms with van der Waals surface area (Å²) in [4.78, 5) is 2.32. The fraction of sp³-hybridized carbons (Fsp3) is 0.625. The molecule has 1 aromatic carbocycles. The summed E-state index contributed by atoms with van der Waals surface area (Å²) in [7, 11) is 0. The molecule has 1 rings (SSSR count). The van der Waals surface area contributed by atoms with E-state index in [1.54, 1.807) is 0 Å². The molecule has 0 radical (unpaired) electrons. The number of rotatable bonds is 7. The number of nitrogens with one attached hydrogen (secondary N) is 1. The maximum absolute atomic E-state index is 5.79. The van der Waals surface area contributed by atoms with E-state index >= 15 is 0 Å². The predicted molar refractivity (Wildman–Crippen MR) is 83.3 cm³/mol. The van der Waals surface area contributed by atoms with Crippen LogP contribution >= 0.6 is 0 Å². The molecule has 0 amide bonds. The van der Waals surface area contributed by atoms with Crippen molar-refractivity contribution in [2.24, 2.45) is 0 Å². The van der Waals surface area contributed by atoms with Crippen molar-refractivity contribution in [3.05, 3.63) is 24.3 Å². The van der Waals surface area contributed by atoms with Crippen LogP contribution in [0.5, 0.6) is 5.75 Å². The molecule has 0 saturated heterocycles. The number of nitrogens with zero attached hydrogens (tertiary/aromatic N) is 1. The summed E-state index contributed by atoms with van der Waals surface area (Å²) in [6, 6.07) is 8.32. The molecule has 19 heavy (non-hydrogen) atoms. The molecular weight excluding hydrogens is 236 g/mol. The van der Waals surface area contributed by atoms with Gasteiger partial charge in [-0.25, -0.2) is 0 Å². The summed E-state index contributed by atoms with van der Waals surface area (Å²) >= 11 is 0. The average molecular weight is 264 g/mol. The fourth-order valence-corrected chi connectivity index (χ4v) is 1.95. The zero-order valence-corrected chi connectivity index (χ0v) is 13.0. The van der Waals surface area contributed by atoms with Crippen molar-refractivity contribution in [3.8, 4) is 5.75 Å². The van der Waals surface area contributed by atoms with Gasteiger partial charge in [-0.3, -0.25) is 0 Å². The van der Waals surface area contributed by atoms with Gasteiger partial charge in [0.1, 0.15) is 12.4 Å². The van der Waals surface area contributed by atoms with Gasteiger partial charge in [-0.1, -0.05) is 6.07 Å². The highest BCUT2D eigenvalue weighted by Gasteiger charge is 2.08. The maximum atomic E-state index is 5.79. The lowest BCUT2D eigenvalue weighted by atomic mass is 10.1. The summed E-state index contributed by atoms with van der Waals surface area (Å²) < 4.78 is 5.79. The fourth-order valence-electron chi connectivity index (χ4n) is 1.95. The van der Waals surface area contributed by atoms with Crippen LogP contribution in [0.1, 0.15) is 34.6 Å². The van der Waals surface area contributed by atoms with Gasteiger partial charge in [-0.2, -0.15) is 0 Å². The molecule has 0 aliphatic carbocycles. The Labute approximate surface area is 118 Å². The number of hydrogen-bond donors (Lipinski definition) is 1. The highest BCUT2D eigenvalue weighted by molar-refractivity contribution is 5.50. The zero-order chi connectivity index (χ0) is 14.3. The third-order valence-electron chi connectivity index (χ3n) is 2.97. The summed E-state index contributed by atoms with van der Waals surface area (Å²) in [6.07, 6.45) is 0. The maximum Gasteiger partial charge on any atom is 0.121 e. The van der Waals surface area contributed by atoms with Crippen LogP contribution in [-0.4, -0.2) is 31.8 Å². The van der Waals surface area contributed by atoms with Crippen LogP contribution in [0.2, 0.25) is 0 Å². The lowest BCUT2D eigenvalue weighted by molar-refractivity contribution is 0.291. The van der Waals surface area contributed by atoms with Gasteiger partial charge in [0.05, 0.1) is 0 Å². The molecule has 0 spiro atoms. The number of hydrogen-bond acceptors (Lipinski definition) is 3. The first-order valence-electron chi connectivity index (χ1n) is 7.19. The summed E-state index contributed by atoms with van der Waals surface area (Å²) in [5.41, 5.74) is 1.37. The number of anilines is 1. The Morgan fingerprint density at radius 1 is 1.16 bits per heavy atom. The minimum Gasteiger partial charge on any atom is -0.492 e. The molecule has 0 bridgehead atoms. The second-order valence-corrected chi connectivity index (χ2v) is 5.69. The van der Waals surface area contributed by atoms with E-state index in [4.69, 9.17) is 4.74 Å². The van der Waals surface area contributed by atoms with Crippen LogP contribution < -0.4 is 15.0 Å². The Morgan fingerprint density at radius 2 is 1.84 bits per heavy atom. The molecule has 3 nitrogen and oxygen atoms in total. The van der Waals surface area contributed by atoms with Gasteiger partial charge in [0.15, 0.2) is 0 Å². The van der Waals surface area contributed by atoms with Gasteiger partial charge in [0.25, 0.3) is 0 Å². The first-order chi connectivity index (χ1) is 8.96. The molecule has 1 N–H and O–H groups in total. The molecule has 0 heterocycles. The minimum absolute atomic E-state index is 0.145. The second kappa shape index (κ2) is 7.39. The van der Waals surface area contributed by atoms with Crippen molar-refractivity contribution in [3.63, 3.8) is 0 Å². The molecule has 0 aliphatic rings. The van der Waals surface area contributed by atoms with Crippen LogP contribution in [0.15, 0.2) is 24.3 Å². The summed E-state index contributed by atoms with van der Waals surface area (Å²) in [5.74, 6) is 0.945. The largest absolute Gasteiger partial charge is 0.492 e. The van der Waals surface area contributed by atoms with E-state index < -0.39 is 0 Å². The van der Waals surface area contributed by atoms with Gasteiger partial charge in [0, 0.05) is 36.9 Å². The highest BCUT2D eigenvalue weighted by atomic mass is 16.5. The van der Waals surface area contributed by atoms with Crippen LogP contribution in [0.4, 0.5) is 5.69 Å². The van der Waals surface area contributed by atoms with E-state index in [1.165, 1.54) is 5.69 Å². The summed E-state index contributed by atoms with van der Waals surface area (Å²) in [6.45, 7) is 14.4. The van der Waals surface area contributed by atoms with Crippen LogP contribution in [0.3, 0.4) is 0 Å². The Bertz CT molecular complexity index is 367. The Hall–Kier alpha value is -1.22. The van der Waals surface area contributed by atoms with E-state index in [1.807, 2.05) is 6.07 Å². The van der Waals surface area contributed by atoms with Crippen LogP contribution in [-0.2, 0) is 0 Å². The molecule has 0 unspecified atom stereocenters. The molecule has 0 atom stereocenters. The molecular formula is C16H28N2O. The Morgan fingerprint density at radius 3 is 2.42 bits per heavy atom. The topological polar surface area (TPSA) is 24.5 Å². The van der Waals surface area contributed by atoms with E-state index in [9.17, 15) is 0 Å². The molecule has 0 fully saturated rings. The normalized spacial score (nSPS) is 11.4. The molecule has 0 saturated carbocycles. The van der Waals surface area contributed by atoms with Gasteiger partial charge in [0.2, 0.25) is 0 Å². The zero-order valence-electron chi connectivity index (χ0n) is 13.0. The first-order valence-corrected chi connectivity index (χ1v) is 7.19. The van der Waals surface area contributed by atoms with Gasteiger partial charge < -0.3 is 15.0 Å². The van der Waals surface area contributed by atoms with Crippen LogP contribution in [0, 0.1) is 0 Å². The Kier molecular flexibility index (Phi) is 6.16. The minimum atomic E-state index is 0.145. The van der Waals surface area contributed by atoms with Gasteiger partial charge >= 0.3 is 0 Å². The van der Waals surface area contributed by atoms with E-state index in [-0.39, 0.29) is 5.54 Å². The molecule has 0 aromatic heterocycles. The molecule has 3 heteroatoms. The Balaban J connectivity index is 2.48. The highest BCUT2D eigenvalue weighted by Crippen LogP contribution is 2.20. The number of ether oxygens (including phenoxy) is 1. The summed E-state index contributed by atoms with van der Waals surface area (Å²) in [5, 5.41) is 3.42. The first kappa shape index (κ1) is 15.8. The SMILES string of the molecule is CCN(CC)c1cccc(OCCNC(C)(C)C)c1. The van der Waals surface area contributed by atoms with Crippen molar-refractivity contribution in [2.45, 2.75) is 40.2 Å². The van der Waals surface area contributed by atoms with Crippen molar-refractivity contribution in [1.82, 2.24) is 5.32 Å². The quantitative estimate of drug-likeness (QED) is 0.765. The monoisotopic (exact) mass is 264 g/mol. The van der Waals surface area contributed by atoms with Crippen molar-refractivity contribution in [2.75, 3.05) is 31.1 Å². The van der Waals surface area contributed by atoms with E-state index in [0.717, 1.165) is 25.4 Å². The molecule has 0 aliphatic heterocycles. The van der Waals surface area contributed by atoms with Crippen molar-refractivity contribution >= 4 is 5.69 Å². The third kappa shape index (κ3) is 5.97. The lowest BCUT2D eigenvalue weighted by Crippen LogP contribution is -2.38. The van der Waals surface area contributed by atoms with Gasteiger partial charge in [-0.05, 0) is 46.8 Å². The smallest absolute Gasteiger partial charge is 0.121 e. The third-order valence-corrected chi connectivity index (χ3v) is 2.97. The average Bonchev–Trinajstić information content (AvgIpc) is 2.36. The lowest BCUT2D eigenvalue weighted by Gasteiger charge is -2.22. The standard InChI is InChI=1S/C16H28N2O/c1-6-18(7-2)14-9-8-10-15(13-14)19-12-11-17-16(3,4)5/h8-10,13,17H,6-7,11-12H2,1-5H3. The van der Waals surface area contributed by atoms with Crippen LogP contribution in [0.25, 0.3) is 0 Å². The van der Waals surface area contributed by atoms with Gasteiger partial charge in [-0.15, -0.1) is 0 Å². The second-order valence-electron chi connectivity index (χ2n) is 5.69. The van der Waals surface area contributed by atoms with E-state index in [0.29, 0.717) is 6.61 Å². The van der Waals surface area contributed by atoms with E-state index in [2.05, 4.69) is 63.0 Å². The number of benzene rings is 1. The van der Waals surface area contributed by atoms with Crippen molar-refractivity contribution in [1.29, 1.82) is 0 Å². The molecule has 1 aromatic rings. The van der Waals surface area contributed by atoms with Crippen molar-refractivity contribution < 1.29 is 4.74 Å². The predicted octanol–water partition coefficient (Wildman–Crippen LogP) is 3.30.